The summed E-state index contributed by atoms with van der Waals surface area (Å²) in [6.45, 7) is 2.37. The molecule has 0 aliphatic heterocycles. The number of hydrogen-bond donors (Lipinski definition) is 2. The van der Waals surface area contributed by atoms with Crippen LogP contribution in [0, 0.1) is 6.92 Å². The first kappa shape index (κ1) is 14.2. The minimum absolute atomic E-state index is 0.0547. The molecule has 0 aromatic carbocycles. The predicted molar refractivity (Wildman–Crippen MR) is 66.9 cm³/mol. The van der Waals surface area contributed by atoms with Crippen molar-refractivity contribution in [3.8, 4) is 0 Å². The van der Waals surface area contributed by atoms with E-state index < -0.39 is 5.97 Å². The van der Waals surface area contributed by atoms with E-state index in [1.165, 1.54) is 0 Å². The van der Waals surface area contributed by atoms with Gasteiger partial charge in [-0.15, -0.1) is 0 Å². The van der Waals surface area contributed by atoms with Crippen molar-refractivity contribution >= 4 is 11.9 Å². The SMILES string of the molecule is Cc1ccc(CNC(=O)CCCCC(=O)O)cn1. The quantitative estimate of drug-likeness (QED) is 0.721. The lowest BCUT2D eigenvalue weighted by Gasteiger charge is -2.05. The van der Waals surface area contributed by atoms with Crippen LogP contribution in [-0.4, -0.2) is 22.0 Å². The van der Waals surface area contributed by atoms with Crippen LogP contribution in [0.4, 0.5) is 0 Å². The molecule has 0 bridgehead atoms. The Kier molecular flexibility index (Phi) is 5.84. The number of aliphatic carboxylic acids is 1. The maximum Gasteiger partial charge on any atom is 0.303 e. The smallest absolute Gasteiger partial charge is 0.303 e. The fraction of sp³-hybridized carbons (Fsp3) is 0.462. The molecule has 1 rings (SSSR count). The molecule has 5 heteroatoms. The highest BCUT2D eigenvalue weighted by Crippen LogP contribution is 2.01. The van der Waals surface area contributed by atoms with Gasteiger partial charge in [-0.25, -0.2) is 0 Å². The first-order valence-corrected chi connectivity index (χ1v) is 5.98. The van der Waals surface area contributed by atoms with Crippen LogP contribution in [0.3, 0.4) is 0 Å². The van der Waals surface area contributed by atoms with E-state index in [9.17, 15) is 9.59 Å². The molecule has 2 N–H and O–H groups in total. The maximum atomic E-state index is 11.4. The van der Waals surface area contributed by atoms with Gasteiger partial charge in [-0.1, -0.05) is 6.07 Å². The fourth-order valence-corrected chi connectivity index (χ4v) is 1.45. The molecular formula is C13H18N2O3. The summed E-state index contributed by atoms with van der Waals surface area (Å²) in [4.78, 5) is 25.9. The summed E-state index contributed by atoms with van der Waals surface area (Å²) in [6, 6.07) is 3.82. The third kappa shape index (κ3) is 5.98. The Balaban J connectivity index is 2.17. The zero-order valence-electron chi connectivity index (χ0n) is 10.5. The van der Waals surface area contributed by atoms with Crippen molar-refractivity contribution in [2.45, 2.75) is 39.2 Å². The Bertz CT molecular complexity index is 401. The van der Waals surface area contributed by atoms with Gasteiger partial charge in [0.2, 0.25) is 5.91 Å². The number of carbonyl (C=O) groups excluding carboxylic acids is 1. The van der Waals surface area contributed by atoms with Gasteiger partial charge in [-0.3, -0.25) is 14.6 Å². The number of nitrogens with zero attached hydrogens (tertiary/aromatic N) is 1. The van der Waals surface area contributed by atoms with Gasteiger partial charge in [-0.2, -0.15) is 0 Å². The van der Waals surface area contributed by atoms with E-state index >= 15 is 0 Å². The van der Waals surface area contributed by atoms with Crippen LogP contribution < -0.4 is 5.32 Å². The maximum absolute atomic E-state index is 11.4. The summed E-state index contributed by atoms with van der Waals surface area (Å²) >= 11 is 0. The molecule has 0 aliphatic carbocycles. The van der Waals surface area contributed by atoms with Gasteiger partial charge in [0.05, 0.1) is 0 Å². The van der Waals surface area contributed by atoms with E-state index in [4.69, 9.17) is 5.11 Å². The molecule has 0 aliphatic rings. The number of amides is 1. The van der Waals surface area contributed by atoms with Crippen molar-refractivity contribution < 1.29 is 14.7 Å². The highest BCUT2D eigenvalue weighted by atomic mass is 16.4. The Labute approximate surface area is 106 Å². The highest BCUT2D eigenvalue weighted by molar-refractivity contribution is 5.75. The number of rotatable bonds is 7. The van der Waals surface area contributed by atoms with Gasteiger partial charge < -0.3 is 10.4 Å². The van der Waals surface area contributed by atoms with Crippen LogP contribution in [0.15, 0.2) is 18.3 Å². The number of hydrogen-bond acceptors (Lipinski definition) is 3. The molecule has 0 saturated carbocycles. The number of aromatic nitrogens is 1. The van der Waals surface area contributed by atoms with Crippen LogP contribution in [0.1, 0.15) is 36.9 Å². The van der Waals surface area contributed by atoms with Crippen LogP contribution in [0.2, 0.25) is 0 Å². The molecular weight excluding hydrogens is 232 g/mol. The van der Waals surface area contributed by atoms with Gasteiger partial charge in [-0.05, 0) is 31.4 Å². The lowest BCUT2D eigenvalue weighted by Crippen LogP contribution is -2.22. The Morgan fingerprint density at radius 1 is 1.28 bits per heavy atom. The first-order valence-electron chi connectivity index (χ1n) is 5.98. The summed E-state index contributed by atoms with van der Waals surface area (Å²) in [5, 5.41) is 11.2. The number of pyridine rings is 1. The molecule has 0 atom stereocenters. The summed E-state index contributed by atoms with van der Waals surface area (Å²) in [7, 11) is 0. The zero-order valence-corrected chi connectivity index (χ0v) is 10.5. The van der Waals surface area contributed by atoms with Crippen LogP contribution in [0.25, 0.3) is 0 Å². The molecule has 0 fully saturated rings. The van der Waals surface area contributed by atoms with E-state index in [2.05, 4.69) is 10.3 Å². The molecule has 0 spiro atoms. The molecule has 5 nitrogen and oxygen atoms in total. The predicted octanol–water partition coefficient (Wildman–Crippen LogP) is 1.65. The summed E-state index contributed by atoms with van der Waals surface area (Å²) in [5.74, 6) is -0.873. The van der Waals surface area contributed by atoms with Gasteiger partial charge in [0, 0.05) is 31.3 Å². The molecule has 1 amide bonds. The van der Waals surface area contributed by atoms with Gasteiger partial charge in [0.25, 0.3) is 0 Å². The van der Waals surface area contributed by atoms with Crippen molar-refractivity contribution in [1.82, 2.24) is 10.3 Å². The highest BCUT2D eigenvalue weighted by Gasteiger charge is 2.03. The molecule has 1 aromatic rings. The topological polar surface area (TPSA) is 79.3 Å². The molecule has 0 unspecified atom stereocenters. The van der Waals surface area contributed by atoms with Gasteiger partial charge in [0.1, 0.15) is 0 Å². The number of carboxylic acids is 1. The van der Waals surface area contributed by atoms with Gasteiger partial charge >= 0.3 is 5.97 Å². The van der Waals surface area contributed by atoms with Crippen LogP contribution >= 0.6 is 0 Å². The van der Waals surface area contributed by atoms with Crippen molar-refractivity contribution in [1.29, 1.82) is 0 Å². The van der Waals surface area contributed by atoms with Crippen molar-refractivity contribution in [3.63, 3.8) is 0 Å². The average Bonchev–Trinajstić information content (AvgIpc) is 2.34. The molecule has 1 heterocycles. The second kappa shape index (κ2) is 7.42. The van der Waals surface area contributed by atoms with Crippen LogP contribution in [-0.2, 0) is 16.1 Å². The number of carbonyl (C=O) groups is 2. The molecule has 1 aromatic heterocycles. The van der Waals surface area contributed by atoms with Crippen LogP contribution in [0.5, 0.6) is 0 Å². The monoisotopic (exact) mass is 250 g/mol. The summed E-state index contributed by atoms with van der Waals surface area (Å²) < 4.78 is 0. The van der Waals surface area contributed by atoms with Crippen molar-refractivity contribution in [2.24, 2.45) is 0 Å². The number of aryl methyl sites for hydroxylation is 1. The minimum Gasteiger partial charge on any atom is -0.481 e. The number of nitrogens with one attached hydrogen (secondary N) is 1. The molecule has 98 valence electrons. The van der Waals surface area contributed by atoms with E-state index in [-0.39, 0.29) is 12.3 Å². The fourth-order valence-electron chi connectivity index (χ4n) is 1.45. The second-order valence-corrected chi connectivity index (χ2v) is 4.19. The molecule has 0 radical (unpaired) electrons. The van der Waals surface area contributed by atoms with E-state index in [0.717, 1.165) is 11.3 Å². The lowest BCUT2D eigenvalue weighted by atomic mass is 10.2. The standard InChI is InChI=1S/C13H18N2O3/c1-10-6-7-11(8-14-10)9-15-12(16)4-2-3-5-13(17)18/h6-8H,2-5,9H2,1H3,(H,15,16)(H,17,18). The third-order valence-electron chi connectivity index (χ3n) is 2.51. The Morgan fingerprint density at radius 3 is 2.61 bits per heavy atom. The normalized spacial score (nSPS) is 10.1. The Morgan fingerprint density at radius 2 is 2.00 bits per heavy atom. The zero-order chi connectivity index (χ0) is 13.4. The third-order valence-corrected chi connectivity index (χ3v) is 2.51. The van der Waals surface area contributed by atoms with E-state index in [0.29, 0.717) is 25.8 Å². The lowest BCUT2D eigenvalue weighted by molar-refractivity contribution is -0.137. The molecule has 18 heavy (non-hydrogen) atoms. The second-order valence-electron chi connectivity index (χ2n) is 4.19. The van der Waals surface area contributed by atoms with Crippen molar-refractivity contribution in [2.75, 3.05) is 0 Å². The average molecular weight is 250 g/mol. The number of carboxylic acid groups (broad SMARTS) is 1. The van der Waals surface area contributed by atoms with Crippen molar-refractivity contribution in [3.05, 3.63) is 29.6 Å². The van der Waals surface area contributed by atoms with E-state index in [1.807, 2.05) is 19.1 Å². The summed E-state index contributed by atoms with van der Waals surface area (Å²) in [6.07, 6.45) is 3.36. The number of unbranched alkanes of at least 4 members (excludes halogenated alkanes) is 1. The largest absolute Gasteiger partial charge is 0.481 e. The van der Waals surface area contributed by atoms with E-state index in [1.54, 1.807) is 6.20 Å². The van der Waals surface area contributed by atoms with Gasteiger partial charge in [0.15, 0.2) is 0 Å². The Hall–Kier alpha value is -1.91. The molecule has 0 saturated heterocycles. The first-order chi connectivity index (χ1) is 8.58. The minimum atomic E-state index is -0.818. The summed E-state index contributed by atoms with van der Waals surface area (Å²) in [5.41, 5.74) is 1.90.